The number of piperidine rings is 1. The van der Waals surface area contributed by atoms with E-state index in [0.717, 1.165) is 22.9 Å². The quantitative estimate of drug-likeness (QED) is 0.666. The van der Waals surface area contributed by atoms with Crippen LogP contribution >= 0.6 is 0 Å². The van der Waals surface area contributed by atoms with Crippen molar-refractivity contribution < 1.29 is 23.4 Å². The van der Waals surface area contributed by atoms with Crippen LogP contribution in [0.2, 0.25) is 0 Å². The van der Waals surface area contributed by atoms with Gasteiger partial charge in [0, 0.05) is 37.9 Å². The number of aliphatic hydroxyl groups is 1. The van der Waals surface area contributed by atoms with Gasteiger partial charge >= 0.3 is 0 Å². The van der Waals surface area contributed by atoms with Gasteiger partial charge in [-0.25, -0.2) is 8.78 Å². The second-order valence-electron chi connectivity index (χ2n) is 8.54. The van der Waals surface area contributed by atoms with Crippen molar-refractivity contribution in [1.82, 2.24) is 4.90 Å². The Hall–Kier alpha value is -2.83. The van der Waals surface area contributed by atoms with Crippen LogP contribution in [0.3, 0.4) is 0 Å². The van der Waals surface area contributed by atoms with Crippen molar-refractivity contribution in [2.45, 2.75) is 31.0 Å². The van der Waals surface area contributed by atoms with Crippen molar-refractivity contribution in [3.63, 3.8) is 0 Å². The molecule has 0 aromatic heterocycles. The Kier molecular flexibility index (Phi) is 4.99. The molecule has 3 aromatic carbocycles. The highest BCUT2D eigenvalue weighted by Gasteiger charge is 2.43. The molecule has 5 rings (SSSR count). The number of aliphatic hydroxyl groups excluding tert-OH is 1. The molecule has 3 aromatic rings. The molecule has 4 nitrogen and oxygen atoms in total. The highest BCUT2D eigenvalue weighted by atomic mass is 19.2. The maximum absolute atomic E-state index is 13.5. The molecule has 2 heterocycles. The Morgan fingerprint density at radius 1 is 1.03 bits per heavy atom. The van der Waals surface area contributed by atoms with Gasteiger partial charge in [0.25, 0.3) is 0 Å². The fourth-order valence-corrected chi connectivity index (χ4v) is 4.70. The lowest BCUT2D eigenvalue weighted by atomic mass is 9.81. The Bertz CT molecular complexity index is 1150. The van der Waals surface area contributed by atoms with Crippen LogP contribution in [0.1, 0.15) is 41.3 Å². The monoisotopic (exact) mass is 423 g/mol. The third kappa shape index (κ3) is 3.70. The number of hydrogen-bond acceptors (Lipinski definition) is 4. The summed E-state index contributed by atoms with van der Waals surface area (Å²) in [5.41, 5.74) is 0.446. The first-order valence-electron chi connectivity index (χ1n) is 10.5. The van der Waals surface area contributed by atoms with Crippen LogP contribution in [0.25, 0.3) is 10.8 Å². The Balaban J connectivity index is 1.30. The molecule has 1 N–H and O–H groups in total. The Morgan fingerprint density at radius 3 is 2.58 bits per heavy atom. The van der Waals surface area contributed by atoms with Gasteiger partial charge in [-0.2, -0.15) is 0 Å². The summed E-state index contributed by atoms with van der Waals surface area (Å²) < 4.78 is 33.1. The van der Waals surface area contributed by atoms with Crippen LogP contribution < -0.4 is 4.74 Å². The summed E-state index contributed by atoms with van der Waals surface area (Å²) >= 11 is 0. The van der Waals surface area contributed by atoms with E-state index in [1.54, 1.807) is 0 Å². The highest BCUT2D eigenvalue weighted by molar-refractivity contribution is 6.06. The van der Waals surface area contributed by atoms with Crippen LogP contribution in [0.15, 0.2) is 54.6 Å². The lowest BCUT2D eigenvalue weighted by Crippen LogP contribution is -2.51. The lowest BCUT2D eigenvalue weighted by Gasteiger charge is -2.44. The predicted octanol–water partition coefficient (Wildman–Crippen LogP) is 4.65. The van der Waals surface area contributed by atoms with E-state index in [-0.39, 0.29) is 5.78 Å². The molecule has 0 radical (unpaired) electrons. The van der Waals surface area contributed by atoms with Crippen LogP contribution in [-0.4, -0.2) is 41.0 Å². The molecule has 1 fully saturated rings. The largest absolute Gasteiger partial charge is 0.485 e. The summed E-state index contributed by atoms with van der Waals surface area (Å²) in [6, 6.07) is 15.2. The topological polar surface area (TPSA) is 49.8 Å². The Morgan fingerprint density at radius 2 is 1.81 bits per heavy atom. The molecule has 31 heavy (non-hydrogen) atoms. The summed E-state index contributed by atoms with van der Waals surface area (Å²) in [5, 5.41) is 12.5. The average Bonchev–Trinajstić information content (AvgIpc) is 2.77. The smallest absolute Gasteiger partial charge is 0.170 e. The van der Waals surface area contributed by atoms with E-state index in [1.165, 1.54) is 6.07 Å². The minimum Gasteiger partial charge on any atom is -0.485 e. The summed E-state index contributed by atoms with van der Waals surface area (Å²) in [6.45, 7) is 1.61. The van der Waals surface area contributed by atoms with Crippen molar-refractivity contribution in [1.29, 1.82) is 0 Å². The van der Waals surface area contributed by atoms with Crippen LogP contribution in [0, 0.1) is 11.6 Å². The normalized spacial score (nSPS) is 19.3. The third-order valence-corrected chi connectivity index (χ3v) is 6.51. The van der Waals surface area contributed by atoms with Gasteiger partial charge in [-0.05, 0) is 29.1 Å². The minimum atomic E-state index is -0.964. The number of rotatable bonds is 3. The van der Waals surface area contributed by atoms with Crippen molar-refractivity contribution in [3.8, 4) is 5.75 Å². The van der Waals surface area contributed by atoms with Crippen LogP contribution in [-0.2, 0) is 0 Å². The maximum atomic E-state index is 13.5. The zero-order valence-electron chi connectivity index (χ0n) is 17.0. The molecular formula is C25H23F2NO3. The number of carbonyl (C=O) groups excluding carboxylic acids is 1. The van der Waals surface area contributed by atoms with Crippen molar-refractivity contribution in [3.05, 3.63) is 77.4 Å². The van der Waals surface area contributed by atoms with Crippen LogP contribution in [0.5, 0.6) is 5.75 Å². The molecule has 0 aliphatic carbocycles. The number of nitrogens with zero attached hydrogens (tertiary/aromatic N) is 1. The first-order chi connectivity index (χ1) is 14.9. The third-order valence-electron chi connectivity index (χ3n) is 6.51. The molecule has 2 aliphatic heterocycles. The average molecular weight is 423 g/mol. The van der Waals surface area contributed by atoms with Crippen molar-refractivity contribution in [2.24, 2.45) is 0 Å². The van der Waals surface area contributed by atoms with Crippen molar-refractivity contribution >= 4 is 16.6 Å². The Labute approximate surface area is 179 Å². The van der Waals surface area contributed by atoms with Gasteiger partial charge in [0.15, 0.2) is 17.4 Å². The second-order valence-corrected chi connectivity index (χ2v) is 8.54. The summed E-state index contributed by atoms with van der Waals surface area (Å²) in [7, 11) is 0. The zero-order chi connectivity index (χ0) is 21.6. The van der Waals surface area contributed by atoms with E-state index in [1.807, 2.05) is 36.4 Å². The molecular weight excluding hydrogens is 400 g/mol. The van der Waals surface area contributed by atoms with Gasteiger partial charge in [-0.1, -0.05) is 36.4 Å². The molecule has 0 bridgehead atoms. The molecule has 6 heteroatoms. The molecule has 1 spiro atoms. The molecule has 1 atom stereocenters. The van der Waals surface area contributed by atoms with Gasteiger partial charge in [0.1, 0.15) is 11.4 Å². The van der Waals surface area contributed by atoms with Gasteiger partial charge in [0.2, 0.25) is 0 Å². The fraction of sp³-hybridized carbons (Fsp3) is 0.320. The molecule has 1 unspecified atom stereocenters. The van der Waals surface area contributed by atoms with E-state index in [0.29, 0.717) is 55.8 Å². The first-order valence-corrected chi connectivity index (χ1v) is 10.5. The SMILES string of the molecule is O=C1CC2(CCN(CC(O)c3ccc(F)c(F)c3)CC2)Oc2c1ccc1ccccc21. The van der Waals surface area contributed by atoms with E-state index in [2.05, 4.69) is 4.90 Å². The number of carbonyl (C=O) groups is 1. The zero-order valence-corrected chi connectivity index (χ0v) is 17.0. The maximum Gasteiger partial charge on any atom is 0.170 e. The molecule has 160 valence electrons. The number of hydrogen-bond donors (Lipinski definition) is 1. The number of likely N-dealkylation sites (tertiary alicyclic amines) is 1. The molecule has 2 aliphatic rings. The number of ketones is 1. The number of Topliss-reactive ketones (excluding diaryl/α,β-unsaturated/α-hetero) is 1. The van der Waals surface area contributed by atoms with Gasteiger partial charge < -0.3 is 14.7 Å². The second kappa shape index (κ2) is 7.70. The first kappa shape index (κ1) is 20.1. The van der Waals surface area contributed by atoms with E-state index >= 15 is 0 Å². The number of halogens is 2. The standard InChI is InChI=1S/C25H23F2NO3/c26-20-8-6-17(13-21(20)27)23(30)15-28-11-9-25(10-12-28)14-22(29)19-7-5-16-3-1-2-4-18(16)24(19)31-25/h1-8,13,23,30H,9-12,14-15H2. The number of ether oxygens (including phenoxy) is 1. The minimum absolute atomic E-state index is 0.0993. The fourth-order valence-electron chi connectivity index (χ4n) is 4.70. The highest BCUT2D eigenvalue weighted by Crippen LogP contribution is 2.43. The van der Waals surface area contributed by atoms with E-state index in [9.17, 15) is 18.7 Å². The van der Waals surface area contributed by atoms with Gasteiger partial charge in [0.05, 0.1) is 18.1 Å². The number of benzene rings is 3. The predicted molar refractivity (Wildman–Crippen MR) is 113 cm³/mol. The molecule has 0 saturated carbocycles. The summed E-state index contributed by atoms with van der Waals surface area (Å²) in [5.74, 6) is -1.12. The van der Waals surface area contributed by atoms with Gasteiger partial charge in [-0.3, -0.25) is 4.79 Å². The molecule has 0 amide bonds. The van der Waals surface area contributed by atoms with E-state index < -0.39 is 23.3 Å². The number of fused-ring (bicyclic) bond motifs is 3. The van der Waals surface area contributed by atoms with Crippen molar-refractivity contribution in [2.75, 3.05) is 19.6 Å². The van der Waals surface area contributed by atoms with Gasteiger partial charge in [-0.15, -0.1) is 0 Å². The number of β-amino-alcohol motifs (C(OH)–C–C–N with tert-alkyl or cyclic N) is 1. The van der Waals surface area contributed by atoms with E-state index in [4.69, 9.17) is 4.74 Å². The van der Waals surface area contributed by atoms with Crippen LogP contribution in [0.4, 0.5) is 8.78 Å². The molecule has 1 saturated heterocycles. The summed E-state index contributed by atoms with van der Waals surface area (Å²) in [6.07, 6.45) is 0.748. The summed E-state index contributed by atoms with van der Waals surface area (Å²) in [4.78, 5) is 15.0. The lowest BCUT2D eigenvalue weighted by molar-refractivity contribution is -0.0173.